The van der Waals surface area contributed by atoms with E-state index in [-0.39, 0.29) is 29.0 Å². The molecular formula is C16H22FNO2. The normalized spacial score (nSPS) is 17.7. The van der Waals surface area contributed by atoms with Gasteiger partial charge in [0.15, 0.2) is 0 Å². The van der Waals surface area contributed by atoms with E-state index in [9.17, 15) is 9.18 Å². The molecule has 20 heavy (non-hydrogen) atoms. The van der Waals surface area contributed by atoms with Crippen LogP contribution in [0.25, 0.3) is 0 Å². The molecule has 1 amide bonds. The van der Waals surface area contributed by atoms with E-state index in [1.54, 1.807) is 12.1 Å². The minimum atomic E-state index is -0.463. The molecule has 0 atom stereocenters. The minimum Gasteiger partial charge on any atom is -0.491 e. The van der Waals surface area contributed by atoms with Gasteiger partial charge in [0.1, 0.15) is 11.6 Å². The van der Waals surface area contributed by atoms with Crippen molar-refractivity contribution in [1.82, 2.24) is 0 Å². The van der Waals surface area contributed by atoms with E-state index in [0.29, 0.717) is 5.75 Å². The van der Waals surface area contributed by atoms with Crippen molar-refractivity contribution in [2.45, 2.75) is 46.6 Å². The summed E-state index contributed by atoms with van der Waals surface area (Å²) in [4.78, 5) is 12.0. The fraction of sp³-hybridized carbons (Fsp3) is 0.562. The van der Waals surface area contributed by atoms with Crippen LogP contribution in [0.1, 0.15) is 40.5 Å². The molecule has 0 bridgehead atoms. The van der Waals surface area contributed by atoms with Gasteiger partial charge >= 0.3 is 0 Å². The molecule has 2 rings (SSSR count). The second-order valence-corrected chi connectivity index (χ2v) is 6.57. The Hall–Kier alpha value is -1.58. The summed E-state index contributed by atoms with van der Waals surface area (Å²) in [5.74, 6) is -0.0906. The van der Waals surface area contributed by atoms with Crippen molar-refractivity contribution in [3.63, 3.8) is 0 Å². The van der Waals surface area contributed by atoms with Gasteiger partial charge in [0, 0.05) is 12.0 Å². The molecule has 0 saturated heterocycles. The predicted octanol–water partition coefficient (Wildman–Crippen LogP) is 3.99. The Morgan fingerprint density at radius 3 is 2.55 bits per heavy atom. The van der Waals surface area contributed by atoms with Gasteiger partial charge in [0.2, 0.25) is 5.91 Å². The van der Waals surface area contributed by atoms with Crippen LogP contribution in [0, 0.1) is 17.2 Å². The highest BCUT2D eigenvalue weighted by Gasteiger charge is 2.40. The Morgan fingerprint density at radius 2 is 2.05 bits per heavy atom. The maximum absolute atomic E-state index is 13.9. The number of ether oxygens (including phenoxy) is 1. The summed E-state index contributed by atoms with van der Waals surface area (Å²) in [6.45, 7) is 8.03. The lowest BCUT2D eigenvalue weighted by molar-refractivity contribution is -0.126. The molecule has 0 heterocycles. The first-order chi connectivity index (χ1) is 9.27. The molecule has 1 aromatic rings. The van der Waals surface area contributed by atoms with Crippen LogP contribution in [0.4, 0.5) is 10.1 Å². The monoisotopic (exact) mass is 279 g/mol. The number of hydrogen-bond donors (Lipinski definition) is 1. The van der Waals surface area contributed by atoms with Crippen molar-refractivity contribution < 1.29 is 13.9 Å². The number of hydrogen-bond acceptors (Lipinski definition) is 2. The molecule has 0 spiro atoms. The molecule has 0 unspecified atom stereocenters. The first kappa shape index (κ1) is 14.8. The van der Waals surface area contributed by atoms with Crippen molar-refractivity contribution in [2.75, 3.05) is 5.32 Å². The zero-order valence-corrected chi connectivity index (χ0v) is 12.5. The van der Waals surface area contributed by atoms with Gasteiger partial charge in [0.25, 0.3) is 0 Å². The number of rotatable bonds is 4. The number of carbonyl (C=O) groups is 1. The summed E-state index contributed by atoms with van der Waals surface area (Å²) < 4.78 is 19.3. The number of benzene rings is 1. The average molecular weight is 279 g/mol. The van der Waals surface area contributed by atoms with Gasteiger partial charge in [-0.25, -0.2) is 4.39 Å². The molecule has 0 radical (unpaired) electrons. The predicted molar refractivity (Wildman–Crippen MR) is 77.3 cm³/mol. The second-order valence-electron chi connectivity index (χ2n) is 6.57. The van der Waals surface area contributed by atoms with E-state index in [4.69, 9.17) is 4.74 Å². The summed E-state index contributed by atoms with van der Waals surface area (Å²) in [6, 6.07) is 4.53. The number of nitrogens with one attached hydrogen (secondary N) is 1. The summed E-state index contributed by atoms with van der Waals surface area (Å²) in [5.41, 5.74) is 0.450. The summed E-state index contributed by atoms with van der Waals surface area (Å²) >= 11 is 0. The van der Waals surface area contributed by atoms with Crippen molar-refractivity contribution in [3.05, 3.63) is 24.0 Å². The van der Waals surface area contributed by atoms with Crippen LogP contribution in [-0.2, 0) is 4.79 Å². The third kappa shape index (κ3) is 3.50. The molecule has 110 valence electrons. The van der Waals surface area contributed by atoms with Crippen LogP contribution < -0.4 is 10.1 Å². The van der Waals surface area contributed by atoms with Gasteiger partial charge in [0.05, 0.1) is 11.8 Å². The Labute approximate surface area is 119 Å². The number of carbonyl (C=O) groups excluding carboxylic acids is 1. The van der Waals surface area contributed by atoms with Gasteiger partial charge in [-0.2, -0.15) is 0 Å². The summed E-state index contributed by atoms with van der Waals surface area (Å²) in [7, 11) is 0. The second kappa shape index (κ2) is 5.43. The number of amides is 1. The third-order valence-corrected chi connectivity index (χ3v) is 3.54. The Morgan fingerprint density at radius 1 is 1.40 bits per heavy atom. The van der Waals surface area contributed by atoms with Gasteiger partial charge in [-0.3, -0.25) is 4.79 Å². The van der Waals surface area contributed by atoms with Gasteiger partial charge in [-0.1, -0.05) is 13.8 Å². The average Bonchev–Trinajstić information content (AvgIpc) is 2.28. The van der Waals surface area contributed by atoms with Gasteiger partial charge in [-0.15, -0.1) is 0 Å². The highest BCUT2D eigenvalue weighted by atomic mass is 19.1. The number of anilines is 1. The first-order valence-electron chi connectivity index (χ1n) is 7.04. The maximum atomic E-state index is 13.9. The fourth-order valence-electron chi connectivity index (χ4n) is 2.64. The molecular weight excluding hydrogens is 257 g/mol. The van der Waals surface area contributed by atoms with Crippen LogP contribution in [0.5, 0.6) is 5.75 Å². The summed E-state index contributed by atoms with van der Waals surface area (Å²) in [6.07, 6.45) is 1.70. The van der Waals surface area contributed by atoms with Gasteiger partial charge < -0.3 is 10.1 Å². The standard InChI is InChI=1S/C16H22FNO2/c1-10(2)20-12-5-6-14(13(17)7-12)18-15(19)11-8-16(3,4)9-11/h5-7,10-11H,8-9H2,1-4H3,(H,18,19). The van der Waals surface area contributed by atoms with Crippen LogP contribution in [-0.4, -0.2) is 12.0 Å². The largest absolute Gasteiger partial charge is 0.491 e. The zero-order chi connectivity index (χ0) is 14.9. The zero-order valence-electron chi connectivity index (χ0n) is 12.5. The van der Waals surface area contributed by atoms with Crippen molar-refractivity contribution in [3.8, 4) is 5.75 Å². The van der Waals surface area contributed by atoms with E-state index in [1.165, 1.54) is 6.07 Å². The molecule has 1 aliphatic rings. The highest BCUT2D eigenvalue weighted by molar-refractivity contribution is 5.93. The van der Waals surface area contributed by atoms with Crippen LogP contribution in [0.15, 0.2) is 18.2 Å². The van der Waals surface area contributed by atoms with Crippen molar-refractivity contribution >= 4 is 11.6 Å². The lowest BCUT2D eigenvalue weighted by Crippen LogP contribution is -2.39. The smallest absolute Gasteiger partial charge is 0.227 e. The van der Waals surface area contributed by atoms with E-state index in [0.717, 1.165) is 12.8 Å². The SMILES string of the molecule is CC(C)Oc1ccc(NC(=O)C2CC(C)(C)C2)c(F)c1. The topological polar surface area (TPSA) is 38.3 Å². The lowest BCUT2D eigenvalue weighted by Gasteiger charge is -2.41. The Balaban J connectivity index is 1.98. The first-order valence-corrected chi connectivity index (χ1v) is 7.04. The van der Waals surface area contributed by atoms with Crippen LogP contribution >= 0.6 is 0 Å². The van der Waals surface area contributed by atoms with E-state index in [1.807, 2.05) is 13.8 Å². The molecule has 3 nitrogen and oxygen atoms in total. The molecule has 1 aromatic carbocycles. The molecule has 4 heteroatoms. The maximum Gasteiger partial charge on any atom is 0.227 e. The highest BCUT2D eigenvalue weighted by Crippen LogP contribution is 2.45. The molecule has 1 N–H and O–H groups in total. The van der Waals surface area contributed by atoms with Gasteiger partial charge in [-0.05, 0) is 44.2 Å². The number of halogens is 1. The molecule has 1 aliphatic carbocycles. The third-order valence-electron chi connectivity index (χ3n) is 3.54. The van der Waals surface area contributed by atoms with Crippen LogP contribution in [0.2, 0.25) is 0 Å². The molecule has 0 aliphatic heterocycles. The van der Waals surface area contributed by atoms with Crippen molar-refractivity contribution in [1.29, 1.82) is 0 Å². The van der Waals surface area contributed by atoms with Crippen molar-refractivity contribution in [2.24, 2.45) is 11.3 Å². The van der Waals surface area contributed by atoms with E-state index >= 15 is 0 Å². The lowest BCUT2D eigenvalue weighted by atomic mass is 9.64. The van der Waals surface area contributed by atoms with E-state index in [2.05, 4.69) is 19.2 Å². The molecule has 1 saturated carbocycles. The molecule has 0 aromatic heterocycles. The minimum absolute atomic E-state index is 0.00371. The molecule has 1 fully saturated rings. The Kier molecular flexibility index (Phi) is 4.02. The quantitative estimate of drug-likeness (QED) is 0.905. The Bertz CT molecular complexity index is 503. The van der Waals surface area contributed by atoms with E-state index < -0.39 is 5.82 Å². The van der Waals surface area contributed by atoms with Crippen LogP contribution in [0.3, 0.4) is 0 Å². The fourth-order valence-corrected chi connectivity index (χ4v) is 2.64. The summed E-state index contributed by atoms with van der Waals surface area (Å²) in [5, 5.41) is 2.66.